The highest BCUT2D eigenvalue weighted by Crippen LogP contribution is 2.39. The number of rotatable bonds is 5. The summed E-state index contributed by atoms with van der Waals surface area (Å²) in [7, 11) is -3.59. The van der Waals surface area contributed by atoms with Gasteiger partial charge in [0.05, 0.1) is 23.6 Å². The molecule has 1 aliphatic carbocycles. The Hall–Kier alpha value is -0.470. The van der Waals surface area contributed by atoms with Crippen molar-refractivity contribution in [1.82, 2.24) is 4.72 Å². The first-order valence-corrected chi connectivity index (χ1v) is 9.21. The van der Waals surface area contributed by atoms with E-state index in [0.29, 0.717) is 23.0 Å². The SMILES string of the molecule is Cc1csc(CO)c1S(=O)(=O)NC1CCOC1C1CC1. The van der Waals surface area contributed by atoms with Crippen molar-refractivity contribution in [1.29, 1.82) is 0 Å². The minimum absolute atomic E-state index is 0.0151. The molecule has 1 saturated carbocycles. The molecule has 2 fully saturated rings. The second-order valence-corrected chi connectivity index (χ2v) is 8.13. The summed E-state index contributed by atoms with van der Waals surface area (Å²) in [6.07, 6.45) is 2.99. The van der Waals surface area contributed by atoms with Crippen molar-refractivity contribution in [3.8, 4) is 0 Å². The van der Waals surface area contributed by atoms with Crippen LogP contribution in [0.15, 0.2) is 10.3 Å². The van der Waals surface area contributed by atoms with Crippen LogP contribution >= 0.6 is 11.3 Å². The second-order valence-electron chi connectivity index (χ2n) is 5.52. The lowest BCUT2D eigenvalue weighted by Crippen LogP contribution is -2.41. The molecule has 7 heteroatoms. The Morgan fingerprint density at radius 2 is 2.20 bits per heavy atom. The molecule has 2 aliphatic rings. The quantitative estimate of drug-likeness (QED) is 0.860. The molecule has 1 saturated heterocycles. The van der Waals surface area contributed by atoms with E-state index in [1.54, 1.807) is 12.3 Å². The molecule has 2 unspecified atom stereocenters. The van der Waals surface area contributed by atoms with Crippen LogP contribution in [0.2, 0.25) is 0 Å². The van der Waals surface area contributed by atoms with E-state index in [2.05, 4.69) is 4.72 Å². The van der Waals surface area contributed by atoms with Crippen LogP contribution in [0.4, 0.5) is 0 Å². The topological polar surface area (TPSA) is 75.6 Å². The minimum atomic E-state index is -3.59. The number of aliphatic hydroxyl groups is 1. The fourth-order valence-electron chi connectivity index (χ4n) is 2.84. The molecular formula is C13H19NO4S2. The van der Waals surface area contributed by atoms with Gasteiger partial charge in [0.25, 0.3) is 0 Å². The molecule has 0 amide bonds. The highest BCUT2D eigenvalue weighted by atomic mass is 32.2. The Morgan fingerprint density at radius 3 is 2.85 bits per heavy atom. The molecule has 0 bridgehead atoms. The molecule has 0 radical (unpaired) electrons. The molecule has 2 N–H and O–H groups in total. The molecule has 1 aliphatic heterocycles. The van der Waals surface area contributed by atoms with Crippen LogP contribution in [-0.4, -0.2) is 32.3 Å². The smallest absolute Gasteiger partial charge is 0.242 e. The van der Waals surface area contributed by atoms with Crippen LogP contribution in [0.5, 0.6) is 0 Å². The predicted molar refractivity (Wildman–Crippen MR) is 76.2 cm³/mol. The van der Waals surface area contributed by atoms with E-state index in [1.165, 1.54) is 11.3 Å². The summed E-state index contributed by atoms with van der Waals surface area (Å²) < 4.78 is 33.6. The number of nitrogens with one attached hydrogen (secondary N) is 1. The minimum Gasteiger partial charge on any atom is -0.391 e. The Labute approximate surface area is 123 Å². The van der Waals surface area contributed by atoms with Crippen LogP contribution in [0, 0.1) is 12.8 Å². The molecular weight excluding hydrogens is 298 g/mol. The predicted octanol–water partition coefficient (Wildman–Crippen LogP) is 1.39. The summed E-state index contributed by atoms with van der Waals surface area (Å²) in [6, 6.07) is -0.140. The van der Waals surface area contributed by atoms with Gasteiger partial charge in [0.2, 0.25) is 10.0 Å². The van der Waals surface area contributed by atoms with E-state index in [9.17, 15) is 13.5 Å². The van der Waals surface area contributed by atoms with Gasteiger partial charge in [-0.15, -0.1) is 11.3 Å². The standard InChI is InChI=1S/C13H19NO4S2/c1-8-7-19-11(6-15)13(8)20(16,17)14-10-4-5-18-12(10)9-2-3-9/h7,9-10,12,14-15H,2-6H2,1H3. The van der Waals surface area contributed by atoms with Crippen molar-refractivity contribution in [2.75, 3.05) is 6.61 Å². The maximum Gasteiger partial charge on any atom is 0.242 e. The van der Waals surface area contributed by atoms with Crippen molar-refractivity contribution in [3.63, 3.8) is 0 Å². The van der Waals surface area contributed by atoms with Gasteiger partial charge in [-0.25, -0.2) is 13.1 Å². The van der Waals surface area contributed by atoms with Crippen molar-refractivity contribution >= 4 is 21.4 Å². The normalized spacial score (nSPS) is 27.1. The zero-order valence-electron chi connectivity index (χ0n) is 11.3. The summed E-state index contributed by atoms with van der Waals surface area (Å²) in [5.74, 6) is 0.506. The summed E-state index contributed by atoms with van der Waals surface area (Å²) in [5, 5.41) is 11.1. The number of hydrogen-bond donors (Lipinski definition) is 2. The largest absolute Gasteiger partial charge is 0.391 e. The maximum absolute atomic E-state index is 12.6. The monoisotopic (exact) mass is 317 g/mol. The summed E-state index contributed by atoms with van der Waals surface area (Å²) >= 11 is 1.28. The summed E-state index contributed by atoms with van der Waals surface area (Å²) in [6.45, 7) is 2.12. The van der Waals surface area contributed by atoms with Crippen molar-refractivity contribution < 1.29 is 18.3 Å². The average molecular weight is 317 g/mol. The first-order chi connectivity index (χ1) is 9.53. The fourth-order valence-corrected chi connectivity index (χ4v) is 5.79. The van der Waals surface area contributed by atoms with Crippen molar-refractivity contribution in [3.05, 3.63) is 15.8 Å². The Kier molecular flexibility index (Phi) is 3.89. The lowest BCUT2D eigenvalue weighted by atomic mass is 10.1. The third kappa shape index (κ3) is 2.65. The molecule has 0 spiro atoms. The third-order valence-corrected chi connectivity index (χ3v) is 6.87. The number of aliphatic hydroxyl groups excluding tert-OH is 1. The zero-order valence-corrected chi connectivity index (χ0v) is 13.0. The summed E-state index contributed by atoms with van der Waals surface area (Å²) in [4.78, 5) is 0.739. The Morgan fingerprint density at radius 1 is 1.45 bits per heavy atom. The van der Waals surface area contributed by atoms with Gasteiger partial charge in [0.15, 0.2) is 0 Å². The van der Waals surface area contributed by atoms with Crippen molar-refractivity contribution in [2.45, 2.75) is 49.8 Å². The van der Waals surface area contributed by atoms with E-state index in [1.807, 2.05) is 0 Å². The molecule has 0 aromatic carbocycles. The van der Waals surface area contributed by atoms with E-state index in [4.69, 9.17) is 4.74 Å². The first-order valence-electron chi connectivity index (χ1n) is 6.84. The fraction of sp³-hybridized carbons (Fsp3) is 0.692. The van der Waals surface area contributed by atoms with Gasteiger partial charge in [0, 0.05) is 6.61 Å². The van der Waals surface area contributed by atoms with E-state index in [-0.39, 0.29) is 23.6 Å². The molecule has 3 rings (SSSR count). The van der Waals surface area contributed by atoms with Gasteiger partial charge in [-0.2, -0.15) is 0 Å². The van der Waals surface area contributed by atoms with E-state index >= 15 is 0 Å². The van der Waals surface area contributed by atoms with Crippen molar-refractivity contribution in [2.24, 2.45) is 5.92 Å². The molecule has 20 heavy (non-hydrogen) atoms. The first kappa shape index (κ1) is 14.5. The molecule has 112 valence electrons. The third-order valence-electron chi connectivity index (χ3n) is 3.93. The van der Waals surface area contributed by atoms with Gasteiger partial charge in [-0.1, -0.05) is 0 Å². The molecule has 2 heterocycles. The van der Waals surface area contributed by atoms with Gasteiger partial charge in [0.1, 0.15) is 4.90 Å². The van der Waals surface area contributed by atoms with Crippen LogP contribution in [0.1, 0.15) is 29.7 Å². The highest BCUT2D eigenvalue weighted by molar-refractivity contribution is 7.89. The molecule has 1 aromatic heterocycles. The summed E-state index contributed by atoms with van der Waals surface area (Å²) in [5.41, 5.74) is 0.688. The van der Waals surface area contributed by atoms with Crippen LogP contribution in [-0.2, 0) is 21.4 Å². The van der Waals surface area contributed by atoms with Crippen LogP contribution < -0.4 is 4.72 Å². The molecule has 1 aromatic rings. The van der Waals surface area contributed by atoms with Gasteiger partial charge in [-0.05, 0) is 43.0 Å². The highest BCUT2D eigenvalue weighted by Gasteiger charge is 2.42. The lowest BCUT2D eigenvalue weighted by Gasteiger charge is -2.19. The average Bonchev–Trinajstić information content (AvgIpc) is 3.01. The zero-order chi connectivity index (χ0) is 14.3. The lowest BCUT2D eigenvalue weighted by molar-refractivity contribution is 0.0848. The Balaban J connectivity index is 1.83. The van der Waals surface area contributed by atoms with E-state index in [0.717, 1.165) is 19.3 Å². The van der Waals surface area contributed by atoms with Gasteiger partial charge >= 0.3 is 0 Å². The van der Waals surface area contributed by atoms with Gasteiger partial charge in [-0.3, -0.25) is 0 Å². The number of hydrogen-bond acceptors (Lipinski definition) is 5. The number of ether oxygens (including phenoxy) is 1. The Bertz CT molecular complexity index is 592. The maximum atomic E-state index is 12.6. The van der Waals surface area contributed by atoms with Crippen LogP contribution in [0.25, 0.3) is 0 Å². The molecule has 5 nitrogen and oxygen atoms in total. The van der Waals surface area contributed by atoms with Crippen LogP contribution in [0.3, 0.4) is 0 Å². The van der Waals surface area contributed by atoms with E-state index < -0.39 is 10.0 Å². The second kappa shape index (κ2) is 5.38. The number of thiophene rings is 1. The van der Waals surface area contributed by atoms with Gasteiger partial charge < -0.3 is 9.84 Å². The number of sulfonamides is 1. The molecule has 2 atom stereocenters. The number of aryl methyl sites for hydroxylation is 1.